The number of piperidine rings is 1. The molecule has 1 saturated carbocycles. The highest BCUT2D eigenvalue weighted by Crippen LogP contribution is 2.55. The number of carbonyl (C=O) groups excluding carboxylic acids is 2. The van der Waals surface area contributed by atoms with Gasteiger partial charge in [0.15, 0.2) is 20.9 Å². The molecule has 11 heteroatoms. The molecule has 2 aromatic rings. The van der Waals surface area contributed by atoms with E-state index in [2.05, 4.69) is 5.48 Å². The smallest absolute Gasteiger partial charge is 0.410 e. The number of hydrogen-bond acceptors (Lipinski definition) is 8. The molecule has 2 atom stereocenters. The Morgan fingerprint density at radius 3 is 2.32 bits per heavy atom. The zero-order valence-electron chi connectivity index (χ0n) is 25.9. The van der Waals surface area contributed by atoms with Crippen LogP contribution in [0.25, 0.3) is 0 Å². The Hall–Kier alpha value is -3.15. The molecule has 3 fully saturated rings. The summed E-state index contributed by atoms with van der Waals surface area (Å²) in [5.74, 6) is -0.149. The fourth-order valence-electron chi connectivity index (χ4n) is 6.41. The van der Waals surface area contributed by atoms with Crippen LogP contribution in [0.2, 0.25) is 0 Å². The molecule has 0 bridgehead atoms. The van der Waals surface area contributed by atoms with E-state index < -0.39 is 37.8 Å². The molecule has 44 heavy (non-hydrogen) atoms. The first-order chi connectivity index (χ1) is 20.9. The Morgan fingerprint density at radius 2 is 1.68 bits per heavy atom. The molecule has 1 spiro atoms. The summed E-state index contributed by atoms with van der Waals surface area (Å²) in [7, 11) is -4.16. The van der Waals surface area contributed by atoms with Crippen molar-refractivity contribution >= 4 is 21.8 Å². The predicted molar refractivity (Wildman–Crippen MR) is 163 cm³/mol. The Balaban J connectivity index is 1.34. The number of carbonyl (C=O) groups is 2. The molecule has 0 aromatic heterocycles. The number of likely N-dealkylation sites (tertiary alicyclic amines) is 1. The molecule has 240 valence electrons. The molecule has 2 heterocycles. The predicted octanol–water partition coefficient (Wildman–Crippen LogP) is 5.55. The van der Waals surface area contributed by atoms with Crippen LogP contribution in [0.1, 0.15) is 77.7 Å². The Kier molecular flexibility index (Phi) is 9.58. The molecule has 2 saturated heterocycles. The van der Waals surface area contributed by atoms with Crippen molar-refractivity contribution in [2.24, 2.45) is 5.41 Å². The van der Waals surface area contributed by atoms with Crippen molar-refractivity contribution in [3.8, 4) is 5.75 Å². The van der Waals surface area contributed by atoms with Crippen LogP contribution in [-0.4, -0.2) is 61.7 Å². The highest BCUT2D eigenvalue weighted by molar-refractivity contribution is 7.93. The average Bonchev–Trinajstić information content (AvgIpc) is 3.40. The zero-order chi connectivity index (χ0) is 31.4. The van der Waals surface area contributed by atoms with Crippen molar-refractivity contribution in [3.63, 3.8) is 0 Å². The maximum Gasteiger partial charge on any atom is 0.410 e. The number of ether oxygens (including phenoxy) is 3. The van der Waals surface area contributed by atoms with Gasteiger partial charge in [-0.05, 0) is 101 Å². The standard InChI is InChI=1S/C33H44N2O8S/c1-31(2,3)42-30(37)35-20-18-32(19-21-35)16-17-33(24-32,29(36)34-43-28-11-7-8-22-40-28)44(38,39)27-14-12-26(13-15-27)41-23-25-9-5-4-6-10-25/h4-6,9-10,12-15,28H,7-8,11,16-24H2,1-3H3,(H,34,36). The third kappa shape index (κ3) is 7.21. The second-order valence-electron chi connectivity index (χ2n) is 13.2. The number of nitrogens with one attached hydrogen (secondary N) is 1. The lowest BCUT2D eigenvalue weighted by molar-refractivity contribution is -0.201. The van der Waals surface area contributed by atoms with Crippen LogP contribution in [0.15, 0.2) is 59.5 Å². The summed E-state index contributed by atoms with van der Waals surface area (Å²) in [6.07, 6.45) is 3.44. The third-order valence-corrected chi connectivity index (χ3v) is 11.4. The van der Waals surface area contributed by atoms with E-state index in [1.807, 2.05) is 51.1 Å². The molecule has 2 amide bonds. The van der Waals surface area contributed by atoms with Crippen LogP contribution in [0.5, 0.6) is 5.75 Å². The van der Waals surface area contributed by atoms with E-state index in [0.29, 0.717) is 57.7 Å². The Labute approximate surface area is 260 Å². The van der Waals surface area contributed by atoms with Gasteiger partial charge in [0, 0.05) is 26.1 Å². The molecule has 1 N–H and O–H groups in total. The summed E-state index contributed by atoms with van der Waals surface area (Å²) in [6.45, 7) is 7.23. The maximum atomic E-state index is 14.4. The van der Waals surface area contributed by atoms with Crippen molar-refractivity contribution in [1.82, 2.24) is 10.4 Å². The average molecular weight is 629 g/mol. The first-order valence-corrected chi connectivity index (χ1v) is 17.0. The van der Waals surface area contributed by atoms with E-state index in [1.165, 1.54) is 12.1 Å². The van der Waals surface area contributed by atoms with Crippen LogP contribution >= 0.6 is 0 Å². The Morgan fingerprint density at radius 1 is 0.977 bits per heavy atom. The Bertz CT molecular complexity index is 1390. The van der Waals surface area contributed by atoms with Gasteiger partial charge in [-0.25, -0.2) is 23.5 Å². The van der Waals surface area contributed by atoms with Gasteiger partial charge < -0.3 is 19.1 Å². The minimum atomic E-state index is -4.16. The third-order valence-electron chi connectivity index (χ3n) is 8.93. The molecule has 2 aromatic carbocycles. The number of rotatable bonds is 8. The fourth-order valence-corrected chi connectivity index (χ4v) is 8.51. The van der Waals surface area contributed by atoms with E-state index in [1.54, 1.807) is 17.0 Å². The van der Waals surface area contributed by atoms with Crippen LogP contribution in [0.3, 0.4) is 0 Å². The van der Waals surface area contributed by atoms with Gasteiger partial charge in [0.2, 0.25) is 0 Å². The first kappa shape index (κ1) is 32.2. The summed E-state index contributed by atoms with van der Waals surface area (Å²) < 4.78 is 44.1. The number of nitrogens with zero attached hydrogens (tertiary/aromatic N) is 1. The van der Waals surface area contributed by atoms with Gasteiger partial charge in [-0.2, -0.15) is 0 Å². The molecular formula is C33H44N2O8S. The van der Waals surface area contributed by atoms with Gasteiger partial charge in [-0.15, -0.1) is 0 Å². The molecule has 3 aliphatic rings. The normalized spacial score (nSPS) is 23.7. The summed E-state index contributed by atoms with van der Waals surface area (Å²) in [6, 6.07) is 16.0. The largest absolute Gasteiger partial charge is 0.489 e. The minimum absolute atomic E-state index is 0.0527. The molecule has 2 unspecified atom stereocenters. The summed E-state index contributed by atoms with van der Waals surface area (Å²) in [4.78, 5) is 33.9. The van der Waals surface area contributed by atoms with E-state index >= 15 is 0 Å². The van der Waals surface area contributed by atoms with E-state index in [9.17, 15) is 18.0 Å². The fraction of sp³-hybridized carbons (Fsp3) is 0.576. The van der Waals surface area contributed by atoms with Crippen LogP contribution < -0.4 is 10.2 Å². The lowest BCUT2D eigenvalue weighted by Gasteiger charge is -2.40. The summed E-state index contributed by atoms with van der Waals surface area (Å²) in [5, 5.41) is 0. The van der Waals surface area contributed by atoms with Gasteiger partial charge in [0.05, 0.1) is 4.90 Å². The van der Waals surface area contributed by atoms with Crippen molar-refractivity contribution < 1.29 is 37.1 Å². The van der Waals surface area contributed by atoms with Gasteiger partial charge in [0.1, 0.15) is 18.0 Å². The van der Waals surface area contributed by atoms with Crippen LogP contribution in [0, 0.1) is 5.41 Å². The maximum absolute atomic E-state index is 14.4. The van der Waals surface area contributed by atoms with Crippen molar-refractivity contribution in [3.05, 3.63) is 60.2 Å². The SMILES string of the molecule is CC(C)(C)OC(=O)N1CCC2(CC1)CCC(C(=O)NOC1CCCCO1)(S(=O)(=O)c1ccc(OCc3ccccc3)cc1)C2. The number of sulfone groups is 1. The van der Waals surface area contributed by atoms with Crippen LogP contribution in [-0.2, 0) is 35.5 Å². The van der Waals surface area contributed by atoms with Gasteiger partial charge >= 0.3 is 6.09 Å². The first-order valence-electron chi connectivity index (χ1n) is 15.5. The second-order valence-corrected chi connectivity index (χ2v) is 15.5. The number of hydrogen-bond donors (Lipinski definition) is 1. The van der Waals surface area contributed by atoms with E-state index in [0.717, 1.165) is 18.4 Å². The van der Waals surface area contributed by atoms with E-state index in [4.69, 9.17) is 19.0 Å². The topological polar surface area (TPSA) is 120 Å². The molecular weight excluding hydrogens is 584 g/mol. The lowest BCUT2D eigenvalue weighted by Crippen LogP contribution is -2.53. The molecule has 1 aliphatic carbocycles. The second kappa shape index (κ2) is 13.1. The summed E-state index contributed by atoms with van der Waals surface area (Å²) >= 11 is 0. The molecule has 2 aliphatic heterocycles. The number of amides is 2. The number of benzene rings is 2. The summed E-state index contributed by atoms with van der Waals surface area (Å²) in [5.41, 5.74) is 2.46. The van der Waals surface area contributed by atoms with Crippen molar-refractivity contribution in [2.45, 2.75) is 100 Å². The number of hydroxylamine groups is 1. The zero-order valence-corrected chi connectivity index (χ0v) is 26.7. The van der Waals surface area contributed by atoms with Gasteiger partial charge in [-0.1, -0.05) is 30.3 Å². The molecule has 5 rings (SSSR count). The highest BCUT2D eigenvalue weighted by atomic mass is 32.2. The monoisotopic (exact) mass is 628 g/mol. The van der Waals surface area contributed by atoms with Gasteiger partial charge in [-0.3, -0.25) is 4.79 Å². The quantitative estimate of drug-likeness (QED) is 0.378. The highest BCUT2D eigenvalue weighted by Gasteiger charge is 2.61. The molecule has 10 nitrogen and oxygen atoms in total. The van der Waals surface area contributed by atoms with Crippen molar-refractivity contribution in [1.29, 1.82) is 0 Å². The van der Waals surface area contributed by atoms with Crippen LogP contribution in [0.4, 0.5) is 4.79 Å². The molecule has 0 radical (unpaired) electrons. The lowest BCUT2D eigenvalue weighted by atomic mass is 9.76. The van der Waals surface area contributed by atoms with Crippen molar-refractivity contribution in [2.75, 3.05) is 19.7 Å². The van der Waals surface area contributed by atoms with E-state index in [-0.39, 0.29) is 23.8 Å². The van der Waals surface area contributed by atoms with Gasteiger partial charge in [0.25, 0.3) is 5.91 Å². The minimum Gasteiger partial charge on any atom is -0.489 e.